The van der Waals surface area contributed by atoms with Crippen molar-refractivity contribution in [1.82, 2.24) is 0 Å². The third-order valence-electron chi connectivity index (χ3n) is 0.1000. The van der Waals surface area contributed by atoms with Crippen LogP contribution in [-0.4, -0.2) is 23.4 Å². The zero-order valence-electron chi connectivity index (χ0n) is 3.63. The summed E-state index contributed by atoms with van der Waals surface area (Å²) in [5.41, 5.74) is 0. The van der Waals surface area contributed by atoms with Gasteiger partial charge in [0.15, 0.2) is 0 Å². The van der Waals surface area contributed by atoms with Crippen LogP contribution in [0.1, 0.15) is 0 Å². The molecular weight excluding hydrogens is 326 g/mol. The Labute approximate surface area is 55.8 Å². The maximum atomic E-state index is 8.58. The Balaban J connectivity index is 0. The van der Waals surface area contributed by atoms with Gasteiger partial charge in [0.1, 0.15) is 0 Å². The standard InChI is InChI=1S/C2H6O2.2O.U/c3-1-2-4;;;/h3-4H,1-2H2;;;. The molecule has 0 aliphatic heterocycles. The molecule has 7 heavy (non-hydrogen) atoms. The SMILES string of the molecule is OCCO.[O]=[U]=[O]. The Hall–Kier alpha value is 0.572. The first-order valence-corrected chi connectivity index (χ1v) is 4.94. The Morgan fingerprint density at radius 3 is 1.29 bits per heavy atom. The molecule has 0 amide bonds. The molecule has 0 aromatic heterocycles. The van der Waals surface area contributed by atoms with Gasteiger partial charge in [-0.1, -0.05) is 0 Å². The molecule has 5 heteroatoms. The van der Waals surface area contributed by atoms with Crippen LogP contribution >= 0.6 is 0 Å². The zero-order valence-corrected chi connectivity index (χ0v) is 7.79. The molecule has 0 bridgehead atoms. The molecule has 0 heterocycles. The molecule has 0 rings (SSSR count). The van der Waals surface area contributed by atoms with E-state index in [2.05, 4.69) is 0 Å². The number of hydrogen-bond acceptors (Lipinski definition) is 4. The van der Waals surface area contributed by atoms with Gasteiger partial charge in [-0.15, -0.1) is 0 Å². The van der Waals surface area contributed by atoms with E-state index in [0.717, 1.165) is 0 Å². The van der Waals surface area contributed by atoms with Gasteiger partial charge < -0.3 is 10.2 Å². The van der Waals surface area contributed by atoms with Crippen molar-refractivity contribution in [2.24, 2.45) is 0 Å². The van der Waals surface area contributed by atoms with Crippen molar-refractivity contribution in [3.05, 3.63) is 0 Å². The predicted octanol–water partition coefficient (Wildman–Crippen LogP) is -1.27. The van der Waals surface area contributed by atoms with Crippen molar-refractivity contribution < 1.29 is 42.5 Å². The summed E-state index contributed by atoms with van der Waals surface area (Å²) in [6.45, 7) is -0.250. The average molecular weight is 332 g/mol. The van der Waals surface area contributed by atoms with Gasteiger partial charge in [-0.3, -0.25) is 0 Å². The molecule has 42 valence electrons. The molecule has 0 saturated carbocycles. The fourth-order valence-corrected chi connectivity index (χ4v) is 0. The second-order valence-electron chi connectivity index (χ2n) is 0.531. The molecule has 2 N–H and O–H groups in total. The third kappa shape index (κ3) is 55.6. The van der Waals surface area contributed by atoms with Crippen molar-refractivity contribution in [2.45, 2.75) is 0 Å². The number of rotatable bonds is 1. The Bertz CT molecular complexity index is 45.7. The van der Waals surface area contributed by atoms with Crippen LogP contribution in [-0.2, 0) is 4.47 Å². The maximum absolute atomic E-state index is 8.58. The van der Waals surface area contributed by atoms with E-state index >= 15 is 0 Å². The summed E-state index contributed by atoms with van der Waals surface area (Å²) in [4.78, 5) is 0. The van der Waals surface area contributed by atoms with Gasteiger partial charge in [-0.2, -0.15) is 0 Å². The molecule has 0 aliphatic carbocycles. The second-order valence-corrected chi connectivity index (χ2v) is 1.22. The van der Waals surface area contributed by atoms with Crippen molar-refractivity contribution in [3.63, 3.8) is 0 Å². The van der Waals surface area contributed by atoms with Crippen molar-refractivity contribution in [3.8, 4) is 0 Å². The van der Waals surface area contributed by atoms with Gasteiger partial charge >= 0.3 is 32.3 Å². The molecule has 0 unspecified atom stereocenters. The molecule has 0 fully saturated rings. The summed E-state index contributed by atoms with van der Waals surface area (Å²) in [7, 11) is 0. The number of hydrogen-bond donors (Lipinski definition) is 2. The topological polar surface area (TPSA) is 74.6 Å². The fourth-order valence-electron chi connectivity index (χ4n) is 0. The average Bonchev–Trinajstić information content (AvgIpc) is 1.69. The normalized spacial score (nSPS) is 5.43. The van der Waals surface area contributed by atoms with Gasteiger partial charge in [0.25, 0.3) is 0 Å². The summed E-state index contributed by atoms with van der Waals surface area (Å²) >= 11 is -2.51. The fraction of sp³-hybridized carbons (Fsp3) is 1.00. The minimum absolute atomic E-state index is 0.125. The zero-order chi connectivity index (χ0) is 6.12. The molecular formula is C2H6O4U. The number of aliphatic hydroxyl groups is 2. The Morgan fingerprint density at radius 1 is 1.14 bits per heavy atom. The summed E-state index contributed by atoms with van der Waals surface area (Å²) in [6.07, 6.45) is 0. The summed E-state index contributed by atoms with van der Waals surface area (Å²) in [5, 5.41) is 15.2. The monoisotopic (exact) mass is 332 g/mol. The van der Waals surface area contributed by atoms with Crippen LogP contribution < -0.4 is 0 Å². The van der Waals surface area contributed by atoms with Gasteiger partial charge in [0.2, 0.25) is 0 Å². The molecule has 0 saturated heterocycles. The second kappa shape index (κ2) is 16.0. The van der Waals surface area contributed by atoms with Crippen LogP contribution in [0.4, 0.5) is 0 Å². The van der Waals surface area contributed by atoms with Crippen LogP contribution in [0.3, 0.4) is 0 Å². The van der Waals surface area contributed by atoms with E-state index in [0.29, 0.717) is 0 Å². The molecule has 0 radical (unpaired) electrons. The third-order valence-corrected chi connectivity index (χ3v) is 0.1000. The quantitative estimate of drug-likeness (QED) is 0.628. The van der Waals surface area contributed by atoms with E-state index in [-0.39, 0.29) is 13.2 Å². The van der Waals surface area contributed by atoms with E-state index in [9.17, 15) is 0 Å². The molecule has 0 spiro atoms. The molecule has 0 aromatic rings. The van der Waals surface area contributed by atoms with E-state index in [1.165, 1.54) is 0 Å². The Morgan fingerprint density at radius 2 is 1.29 bits per heavy atom. The molecule has 4 nitrogen and oxygen atoms in total. The van der Waals surface area contributed by atoms with Crippen LogP contribution in [0.2, 0.25) is 0 Å². The first-order valence-electron chi connectivity index (χ1n) is 1.54. The van der Waals surface area contributed by atoms with Gasteiger partial charge in [-0.25, -0.2) is 0 Å². The first kappa shape index (κ1) is 10.5. The molecule has 0 atom stereocenters. The Kier molecular flexibility index (Phi) is 24.1. The van der Waals surface area contributed by atoms with Crippen LogP contribution in [0, 0.1) is 27.8 Å². The van der Waals surface area contributed by atoms with Crippen molar-refractivity contribution >= 4 is 0 Å². The van der Waals surface area contributed by atoms with Crippen molar-refractivity contribution in [1.29, 1.82) is 0 Å². The van der Waals surface area contributed by atoms with Crippen molar-refractivity contribution in [2.75, 3.05) is 13.2 Å². The van der Waals surface area contributed by atoms with E-state index in [1.54, 1.807) is 0 Å². The molecule has 0 aromatic carbocycles. The van der Waals surface area contributed by atoms with E-state index in [4.69, 9.17) is 14.7 Å². The van der Waals surface area contributed by atoms with Gasteiger partial charge in [0.05, 0.1) is 13.2 Å². The van der Waals surface area contributed by atoms with Crippen LogP contribution in [0.25, 0.3) is 0 Å². The van der Waals surface area contributed by atoms with Gasteiger partial charge in [-0.05, 0) is 0 Å². The number of aliphatic hydroxyl groups excluding tert-OH is 2. The predicted molar refractivity (Wildman–Crippen MR) is 15.5 cm³/mol. The van der Waals surface area contributed by atoms with Crippen LogP contribution in [0.15, 0.2) is 0 Å². The van der Waals surface area contributed by atoms with Crippen LogP contribution in [0.5, 0.6) is 0 Å². The van der Waals surface area contributed by atoms with E-state index < -0.39 is 27.8 Å². The summed E-state index contributed by atoms with van der Waals surface area (Å²) in [5.74, 6) is 0. The molecule has 0 aliphatic rings. The summed E-state index contributed by atoms with van der Waals surface area (Å²) in [6, 6.07) is 0. The minimum atomic E-state index is -2.51. The van der Waals surface area contributed by atoms with Gasteiger partial charge in [0, 0.05) is 0 Å². The summed E-state index contributed by atoms with van der Waals surface area (Å²) < 4.78 is 17.2. The first-order chi connectivity index (χ1) is 3.33. The van der Waals surface area contributed by atoms with E-state index in [1.807, 2.05) is 0 Å².